The van der Waals surface area contributed by atoms with Gasteiger partial charge in [0.1, 0.15) is 11.6 Å². The van der Waals surface area contributed by atoms with E-state index in [-0.39, 0.29) is 17.2 Å². The van der Waals surface area contributed by atoms with Crippen LogP contribution in [-0.2, 0) is 10.0 Å². The number of aldehydes is 1. The number of aliphatic hydroxyl groups is 1. The summed E-state index contributed by atoms with van der Waals surface area (Å²) in [6.07, 6.45) is 13.3. The second-order valence-electron chi connectivity index (χ2n) is 13.5. The van der Waals surface area contributed by atoms with Crippen LogP contribution in [0.2, 0.25) is 0 Å². The van der Waals surface area contributed by atoms with Gasteiger partial charge in [-0.3, -0.25) is 4.79 Å². The summed E-state index contributed by atoms with van der Waals surface area (Å²) in [7, 11) is -3.48. The first-order valence-electron chi connectivity index (χ1n) is 16.1. The van der Waals surface area contributed by atoms with Gasteiger partial charge in [-0.15, -0.1) is 0 Å². The fourth-order valence-corrected chi connectivity index (χ4v) is 7.32. The van der Waals surface area contributed by atoms with E-state index in [0.29, 0.717) is 53.3 Å². The first-order valence-corrected chi connectivity index (χ1v) is 17.6. The lowest BCUT2D eigenvalue weighted by Crippen LogP contribution is -2.46. The zero-order chi connectivity index (χ0) is 31.8. The highest BCUT2D eigenvalue weighted by Gasteiger charge is 2.38. The first kappa shape index (κ1) is 31.6. The molecule has 0 aliphatic heterocycles. The predicted molar refractivity (Wildman–Crippen MR) is 173 cm³/mol. The van der Waals surface area contributed by atoms with Gasteiger partial charge in [-0.05, 0) is 96.6 Å². The van der Waals surface area contributed by atoms with Gasteiger partial charge in [-0.25, -0.2) is 23.4 Å². The molecule has 0 bridgehead atoms. The Kier molecular flexibility index (Phi) is 8.95. The van der Waals surface area contributed by atoms with Crippen molar-refractivity contribution in [2.45, 2.75) is 94.9 Å². The molecule has 0 amide bonds. The summed E-state index contributed by atoms with van der Waals surface area (Å²) in [4.78, 5) is 26.0. The molecular weight excluding hydrogens is 592 g/mol. The lowest BCUT2D eigenvalue weighted by Gasteiger charge is -2.32. The molecule has 13 heteroatoms. The zero-order valence-corrected chi connectivity index (χ0v) is 27.1. The summed E-state index contributed by atoms with van der Waals surface area (Å²) >= 11 is 0. The Balaban J connectivity index is 1.12. The number of anilines is 3. The number of rotatable bonds is 14. The van der Waals surface area contributed by atoms with Crippen molar-refractivity contribution in [3.8, 4) is 11.4 Å². The van der Waals surface area contributed by atoms with Crippen molar-refractivity contribution in [2.24, 2.45) is 11.8 Å². The molecular formula is C32H44N8O4S. The van der Waals surface area contributed by atoms with Crippen LogP contribution in [0.1, 0.15) is 94.1 Å². The van der Waals surface area contributed by atoms with Gasteiger partial charge in [0.2, 0.25) is 0 Å². The lowest BCUT2D eigenvalue weighted by atomic mass is 9.81. The van der Waals surface area contributed by atoms with Crippen molar-refractivity contribution in [1.29, 1.82) is 0 Å². The number of hydrogen-bond donors (Lipinski definition) is 4. The van der Waals surface area contributed by atoms with E-state index in [1.165, 1.54) is 12.4 Å². The summed E-state index contributed by atoms with van der Waals surface area (Å²) in [5, 5.41) is 24.3. The van der Waals surface area contributed by atoms with E-state index < -0.39 is 15.6 Å². The Bertz CT molecular complexity index is 1620. The minimum atomic E-state index is -3.48. The second-order valence-corrected chi connectivity index (χ2v) is 15.6. The quantitative estimate of drug-likeness (QED) is 0.185. The molecule has 0 saturated heterocycles. The third-order valence-corrected chi connectivity index (χ3v) is 11.5. The summed E-state index contributed by atoms with van der Waals surface area (Å²) in [6, 6.07) is 3.63. The van der Waals surface area contributed by atoms with Gasteiger partial charge in [0.05, 0.1) is 45.8 Å². The number of pyridine rings is 1. The normalized spacial score (nSPS) is 21.3. The largest absolute Gasteiger partial charge is 0.389 e. The van der Waals surface area contributed by atoms with Crippen molar-refractivity contribution in [3.05, 3.63) is 42.0 Å². The monoisotopic (exact) mass is 636 g/mol. The fraction of sp³-hybridized carbons (Fsp3) is 0.594. The topological polar surface area (TPSA) is 164 Å². The smallest absolute Gasteiger partial charge is 0.256 e. The second kappa shape index (κ2) is 12.8. The molecule has 3 aliphatic rings. The number of hydrogen-bond acceptors (Lipinski definition) is 11. The van der Waals surface area contributed by atoms with E-state index in [2.05, 4.69) is 31.0 Å². The number of nitrogens with one attached hydrogen (secondary N) is 3. The zero-order valence-electron chi connectivity index (χ0n) is 26.2. The molecule has 0 aromatic carbocycles. The van der Waals surface area contributed by atoms with Crippen LogP contribution < -0.4 is 16.0 Å². The molecule has 3 aromatic rings. The van der Waals surface area contributed by atoms with Crippen LogP contribution in [0.15, 0.2) is 30.7 Å². The maximum absolute atomic E-state index is 12.6. The third kappa shape index (κ3) is 7.53. The maximum Gasteiger partial charge on any atom is 0.256 e. The van der Waals surface area contributed by atoms with E-state index in [1.807, 2.05) is 26.8 Å². The molecule has 3 aliphatic carbocycles. The van der Waals surface area contributed by atoms with E-state index in [0.717, 1.165) is 73.4 Å². The van der Waals surface area contributed by atoms with E-state index in [4.69, 9.17) is 4.98 Å². The Morgan fingerprint density at radius 3 is 2.40 bits per heavy atom. The molecule has 45 heavy (non-hydrogen) atoms. The van der Waals surface area contributed by atoms with Crippen LogP contribution in [0.25, 0.3) is 11.4 Å². The molecule has 3 saturated carbocycles. The third-order valence-electron chi connectivity index (χ3n) is 9.43. The summed E-state index contributed by atoms with van der Waals surface area (Å²) in [5.74, 6) is 2.81. The van der Waals surface area contributed by atoms with Gasteiger partial charge < -0.3 is 21.1 Å². The Hall–Kier alpha value is -3.42. The van der Waals surface area contributed by atoms with Crippen LogP contribution in [0, 0.1) is 11.8 Å². The van der Waals surface area contributed by atoms with Crippen LogP contribution in [0.4, 0.5) is 17.3 Å². The number of carbonyl (C=O) groups is 1. The average molecular weight is 637 g/mol. The number of nitrogens with zero attached hydrogens (tertiary/aromatic N) is 5. The molecule has 1 unspecified atom stereocenters. The van der Waals surface area contributed by atoms with Crippen LogP contribution in [0.3, 0.4) is 0 Å². The van der Waals surface area contributed by atoms with Crippen molar-refractivity contribution in [1.82, 2.24) is 29.5 Å². The van der Waals surface area contributed by atoms with Crippen molar-refractivity contribution < 1.29 is 18.3 Å². The molecule has 242 valence electrons. The van der Waals surface area contributed by atoms with Gasteiger partial charge in [-0.2, -0.15) is 9.19 Å². The van der Waals surface area contributed by atoms with E-state index >= 15 is 0 Å². The average Bonchev–Trinajstić information content (AvgIpc) is 3.96. The molecule has 3 fully saturated rings. The van der Waals surface area contributed by atoms with Gasteiger partial charge in [-0.1, -0.05) is 0 Å². The lowest BCUT2D eigenvalue weighted by molar-refractivity contribution is 0.0419. The maximum atomic E-state index is 12.6. The van der Waals surface area contributed by atoms with Gasteiger partial charge in [0.15, 0.2) is 12.1 Å². The summed E-state index contributed by atoms with van der Waals surface area (Å²) < 4.78 is 26.2. The standard InChI is InChI=1S/C32H44N8O4S/c1-20(32(2,3)42)34-15-21-4-6-22(7-5-21)16-35-27-14-29(38-30(23-8-9-23)26(27)19-41)37-28-12-13-33-31(39-28)24-17-36-40(18-24)45(43,44)25-10-11-25/h12-14,17-23,25,34,42H,4-11,15-16H2,1-3H3,(H2,33,35,37,38,39). The number of aromatic nitrogens is 5. The first-order chi connectivity index (χ1) is 21.5. The Labute approximate surface area is 264 Å². The minimum Gasteiger partial charge on any atom is -0.389 e. The van der Waals surface area contributed by atoms with Crippen molar-refractivity contribution in [3.63, 3.8) is 0 Å². The highest BCUT2D eigenvalue weighted by atomic mass is 32.2. The highest BCUT2D eigenvalue weighted by molar-refractivity contribution is 7.90. The molecule has 3 heterocycles. The summed E-state index contributed by atoms with van der Waals surface area (Å²) in [6.45, 7) is 7.39. The summed E-state index contributed by atoms with van der Waals surface area (Å²) in [5.41, 5.74) is 1.96. The molecule has 6 rings (SSSR count). The van der Waals surface area contributed by atoms with Gasteiger partial charge in [0, 0.05) is 30.8 Å². The molecule has 4 N–H and O–H groups in total. The van der Waals surface area contributed by atoms with Gasteiger partial charge in [0.25, 0.3) is 10.0 Å². The Morgan fingerprint density at radius 2 is 1.76 bits per heavy atom. The van der Waals surface area contributed by atoms with E-state index in [9.17, 15) is 18.3 Å². The van der Waals surface area contributed by atoms with Crippen LogP contribution in [0.5, 0.6) is 0 Å². The highest BCUT2D eigenvalue weighted by Crippen LogP contribution is 2.43. The van der Waals surface area contributed by atoms with Crippen molar-refractivity contribution >= 4 is 33.6 Å². The van der Waals surface area contributed by atoms with E-state index in [1.54, 1.807) is 12.3 Å². The molecule has 12 nitrogen and oxygen atoms in total. The molecule has 1 atom stereocenters. The molecule has 0 spiro atoms. The minimum absolute atomic E-state index is 0.0394. The number of carbonyl (C=O) groups excluding carboxylic acids is 1. The Morgan fingerprint density at radius 1 is 1.04 bits per heavy atom. The van der Waals surface area contributed by atoms with Crippen LogP contribution >= 0.6 is 0 Å². The SMILES string of the molecule is CC(NCC1CCC(CNc2cc(Nc3ccnc(-c4cnn(S(=O)(=O)C5CC5)c4)n3)nc(C3CC3)c2C=O)CC1)C(C)(C)O. The molecule has 0 radical (unpaired) electrons. The van der Waals surface area contributed by atoms with Crippen LogP contribution in [-0.4, -0.2) is 73.9 Å². The van der Waals surface area contributed by atoms with Crippen molar-refractivity contribution in [2.75, 3.05) is 23.7 Å². The predicted octanol–water partition coefficient (Wildman–Crippen LogP) is 4.48. The van der Waals surface area contributed by atoms with Gasteiger partial charge >= 0.3 is 0 Å². The fourth-order valence-electron chi connectivity index (χ4n) is 5.84. The molecule has 3 aromatic heterocycles.